The molecule has 1 saturated carbocycles. The Bertz CT molecular complexity index is 876. The molecule has 1 N–H and O–H groups in total. The molecule has 0 atom stereocenters. The van der Waals surface area contributed by atoms with E-state index >= 15 is 0 Å². The Kier molecular flexibility index (Phi) is 3.62. The summed E-state index contributed by atoms with van der Waals surface area (Å²) in [6.07, 6.45) is 5.89. The molecule has 0 amide bonds. The van der Waals surface area contributed by atoms with E-state index in [9.17, 15) is 4.39 Å². The molecule has 1 spiro atoms. The molecule has 4 rings (SSSR count). The standard InChI is InChI=1S/C20H17FN2S/c21-16-9-13(12-22)8-15(10-16)14-4-5-17-18(11-14)23-19(24)20(17)6-2-1-3-7-20/h4-5,8-11H,1-3,6-7H2,(H,23,24). The van der Waals surface area contributed by atoms with Crippen molar-refractivity contribution in [3.63, 3.8) is 0 Å². The number of nitrogens with zero attached hydrogens (tertiary/aromatic N) is 1. The molecule has 1 heterocycles. The van der Waals surface area contributed by atoms with Crippen molar-refractivity contribution < 1.29 is 4.39 Å². The van der Waals surface area contributed by atoms with Crippen molar-refractivity contribution in [2.75, 3.05) is 5.32 Å². The lowest BCUT2D eigenvalue weighted by Gasteiger charge is -2.33. The molecule has 2 aliphatic rings. The van der Waals surface area contributed by atoms with Gasteiger partial charge >= 0.3 is 0 Å². The van der Waals surface area contributed by atoms with Gasteiger partial charge in [0, 0.05) is 11.1 Å². The van der Waals surface area contributed by atoms with Gasteiger partial charge in [0.1, 0.15) is 5.82 Å². The highest BCUT2D eigenvalue weighted by Gasteiger charge is 2.44. The molecule has 1 fully saturated rings. The molecule has 0 radical (unpaired) electrons. The van der Waals surface area contributed by atoms with E-state index < -0.39 is 5.82 Å². The van der Waals surface area contributed by atoms with Crippen LogP contribution in [0, 0.1) is 17.1 Å². The Morgan fingerprint density at radius 3 is 2.58 bits per heavy atom. The third kappa shape index (κ3) is 2.32. The maximum Gasteiger partial charge on any atom is 0.125 e. The minimum Gasteiger partial charge on any atom is -0.349 e. The third-order valence-corrected chi connectivity index (χ3v) is 5.78. The Morgan fingerprint density at radius 2 is 1.83 bits per heavy atom. The summed E-state index contributed by atoms with van der Waals surface area (Å²) in [6.45, 7) is 0. The van der Waals surface area contributed by atoms with Crippen LogP contribution in [-0.4, -0.2) is 4.99 Å². The molecule has 1 aliphatic carbocycles. The zero-order valence-corrected chi connectivity index (χ0v) is 14.0. The Labute approximate surface area is 146 Å². The number of anilines is 1. The summed E-state index contributed by atoms with van der Waals surface area (Å²) in [6, 6.07) is 12.6. The molecule has 1 aliphatic heterocycles. The van der Waals surface area contributed by atoms with Gasteiger partial charge in [0.05, 0.1) is 16.6 Å². The van der Waals surface area contributed by atoms with Gasteiger partial charge < -0.3 is 5.32 Å². The third-order valence-electron chi connectivity index (χ3n) is 5.29. The van der Waals surface area contributed by atoms with E-state index in [1.165, 1.54) is 37.0 Å². The fourth-order valence-electron chi connectivity index (χ4n) is 4.08. The van der Waals surface area contributed by atoms with Crippen molar-refractivity contribution in [3.05, 3.63) is 53.3 Å². The number of nitrogens with one attached hydrogen (secondary N) is 1. The van der Waals surface area contributed by atoms with Gasteiger partial charge in [-0.05, 0) is 53.8 Å². The average molecular weight is 336 g/mol. The second-order valence-corrected chi connectivity index (χ2v) is 7.11. The first-order valence-corrected chi connectivity index (χ1v) is 8.70. The van der Waals surface area contributed by atoms with Crippen molar-refractivity contribution in [1.29, 1.82) is 5.26 Å². The predicted molar refractivity (Wildman–Crippen MR) is 97.5 cm³/mol. The van der Waals surface area contributed by atoms with Crippen LogP contribution in [0.15, 0.2) is 36.4 Å². The first kappa shape index (κ1) is 15.3. The molecule has 2 aromatic carbocycles. The van der Waals surface area contributed by atoms with E-state index in [0.717, 1.165) is 29.1 Å². The van der Waals surface area contributed by atoms with Crippen molar-refractivity contribution in [2.24, 2.45) is 0 Å². The van der Waals surface area contributed by atoms with E-state index in [4.69, 9.17) is 17.5 Å². The second-order valence-electron chi connectivity index (χ2n) is 6.70. The summed E-state index contributed by atoms with van der Waals surface area (Å²) in [7, 11) is 0. The summed E-state index contributed by atoms with van der Waals surface area (Å²) in [4.78, 5) is 0.923. The molecule has 0 unspecified atom stereocenters. The minimum absolute atomic E-state index is 0.0127. The number of benzene rings is 2. The molecule has 24 heavy (non-hydrogen) atoms. The average Bonchev–Trinajstić information content (AvgIpc) is 2.86. The quantitative estimate of drug-likeness (QED) is 0.716. The normalized spacial score (nSPS) is 18.1. The summed E-state index contributed by atoms with van der Waals surface area (Å²) in [5.74, 6) is -0.392. The molecule has 2 aromatic rings. The van der Waals surface area contributed by atoms with Gasteiger partial charge in [-0.25, -0.2) is 4.39 Å². The SMILES string of the molecule is N#Cc1cc(F)cc(-c2ccc3c(c2)NC(=S)C32CCCCC2)c1. The van der Waals surface area contributed by atoms with Crippen LogP contribution in [0.1, 0.15) is 43.2 Å². The Balaban J connectivity index is 1.78. The number of thiocarbonyl (C=S) groups is 1. The zero-order chi connectivity index (χ0) is 16.7. The lowest BCUT2D eigenvalue weighted by Crippen LogP contribution is -2.35. The van der Waals surface area contributed by atoms with Gasteiger partial charge in [-0.15, -0.1) is 0 Å². The highest BCUT2D eigenvalue weighted by Crippen LogP contribution is 2.48. The van der Waals surface area contributed by atoms with Crippen LogP contribution >= 0.6 is 12.2 Å². The number of hydrogen-bond donors (Lipinski definition) is 1. The number of nitriles is 1. The summed E-state index contributed by atoms with van der Waals surface area (Å²) in [5.41, 5.74) is 4.23. The van der Waals surface area contributed by atoms with Crippen molar-refractivity contribution >= 4 is 22.9 Å². The zero-order valence-electron chi connectivity index (χ0n) is 13.2. The molecule has 4 heteroatoms. The second kappa shape index (κ2) is 5.68. The lowest BCUT2D eigenvalue weighted by molar-refractivity contribution is 0.389. The molecule has 0 saturated heterocycles. The number of hydrogen-bond acceptors (Lipinski definition) is 2. The van der Waals surface area contributed by atoms with Crippen LogP contribution in [-0.2, 0) is 5.41 Å². The fraction of sp³-hybridized carbons (Fsp3) is 0.300. The van der Waals surface area contributed by atoms with Crippen molar-refractivity contribution in [2.45, 2.75) is 37.5 Å². The highest BCUT2D eigenvalue weighted by atomic mass is 32.1. The van der Waals surface area contributed by atoms with Gasteiger partial charge in [0.15, 0.2) is 0 Å². The summed E-state index contributed by atoms with van der Waals surface area (Å²) < 4.78 is 13.7. The van der Waals surface area contributed by atoms with Gasteiger partial charge in [-0.1, -0.05) is 43.6 Å². The Hall–Kier alpha value is -2.25. The van der Waals surface area contributed by atoms with Gasteiger partial charge in [-0.3, -0.25) is 0 Å². The highest BCUT2D eigenvalue weighted by molar-refractivity contribution is 7.80. The van der Waals surface area contributed by atoms with Crippen LogP contribution in [0.25, 0.3) is 11.1 Å². The van der Waals surface area contributed by atoms with Crippen LogP contribution in [0.3, 0.4) is 0 Å². The van der Waals surface area contributed by atoms with E-state index in [-0.39, 0.29) is 5.41 Å². The van der Waals surface area contributed by atoms with Crippen LogP contribution in [0.2, 0.25) is 0 Å². The number of halogens is 1. The Morgan fingerprint density at radius 1 is 1.04 bits per heavy atom. The number of fused-ring (bicyclic) bond motifs is 2. The summed E-state index contributed by atoms with van der Waals surface area (Å²) >= 11 is 5.66. The van der Waals surface area contributed by atoms with E-state index in [0.29, 0.717) is 11.1 Å². The topological polar surface area (TPSA) is 35.8 Å². The maximum absolute atomic E-state index is 13.7. The van der Waals surface area contributed by atoms with Gasteiger partial charge in [0.2, 0.25) is 0 Å². The molecule has 120 valence electrons. The fourth-order valence-corrected chi connectivity index (χ4v) is 4.51. The molecule has 2 nitrogen and oxygen atoms in total. The molecule has 0 bridgehead atoms. The van der Waals surface area contributed by atoms with Crippen molar-refractivity contribution in [1.82, 2.24) is 0 Å². The largest absolute Gasteiger partial charge is 0.349 e. The van der Waals surface area contributed by atoms with Gasteiger partial charge in [-0.2, -0.15) is 5.26 Å². The van der Waals surface area contributed by atoms with E-state index in [1.54, 1.807) is 6.07 Å². The van der Waals surface area contributed by atoms with Gasteiger partial charge in [0.25, 0.3) is 0 Å². The first-order chi connectivity index (χ1) is 11.6. The minimum atomic E-state index is -0.392. The first-order valence-electron chi connectivity index (χ1n) is 8.29. The lowest BCUT2D eigenvalue weighted by atomic mass is 9.70. The van der Waals surface area contributed by atoms with Crippen LogP contribution < -0.4 is 5.32 Å². The molecule has 0 aromatic heterocycles. The van der Waals surface area contributed by atoms with Crippen molar-refractivity contribution in [3.8, 4) is 17.2 Å². The number of rotatable bonds is 1. The predicted octanol–water partition coefficient (Wildman–Crippen LogP) is 5.32. The molecular weight excluding hydrogens is 319 g/mol. The van der Waals surface area contributed by atoms with Crippen LogP contribution in [0.5, 0.6) is 0 Å². The van der Waals surface area contributed by atoms with E-state index in [2.05, 4.69) is 11.4 Å². The molecular formula is C20H17FN2S. The van der Waals surface area contributed by atoms with Crippen LogP contribution in [0.4, 0.5) is 10.1 Å². The van der Waals surface area contributed by atoms with E-state index in [1.807, 2.05) is 18.2 Å². The monoisotopic (exact) mass is 336 g/mol. The summed E-state index contributed by atoms with van der Waals surface area (Å²) in [5, 5.41) is 12.4. The smallest absolute Gasteiger partial charge is 0.125 e. The maximum atomic E-state index is 13.7.